The predicted molar refractivity (Wildman–Crippen MR) is 237 cm³/mol. The van der Waals surface area contributed by atoms with Gasteiger partial charge in [-0.3, -0.25) is 0 Å². The maximum atomic E-state index is 8.01. The molecule has 1 atom stereocenters. The van der Waals surface area contributed by atoms with Gasteiger partial charge in [-0.15, -0.1) is 0 Å². The van der Waals surface area contributed by atoms with Gasteiger partial charge in [0.1, 0.15) is 11.5 Å². The maximum absolute atomic E-state index is 8.01. The molecular formula is C53H46N2O4. The van der Waals surface area contributed by atoms with Crippen molar-refractivity contribution in [1.29, 1.82) is 0 Å². The first-order valence-electron chi connectivity index (χ1n) is 20.8. The zero-order valence-corrected chi connectivity index (χ0v) is 33.3. The summed E-state index contributed by atoms with van der Waals surface area (Å²) in [4.78, 5) is 4.80. The quantitative estimate of drug-likeness (QED) is 0.161. The van der Waals surface area contributed by atoms with Crippen molar-refractivity contribution in [2.24, 2.45) is 0 Å². The van der Waals surface area contributed by atoms with Crippen molar-refractivity contribution in [3.05, 3.63) is 197 Å². The third-order valence-corrected chi connectivity index (χ3v) is 13.0. The van der Waals surface area contributed by atoms with E-state index in [4.69, 9.17) is 18.9 Å². The Kier molecular flexibility index (Phi) is 8.79. The summed E-state index contributed by atoms with van der Waals surface area (Å²) in [5.41, 5.74) is 11.0. The summed E-state index contributed by atoms with van der Waals surface area (Å²) < 4.78 is 25.8. The number of benzene rings is 7. The fraction of sp³-hybridized carbons (Fsp3) is 0.208. The van der Waals surface area contributed by atoms with E-state index in [2.05, 4.69) is 174 Å². The van der Waals surface area contributed by atoms with Gasteiger partial charge in [-0.2, -0.15) is 0 Å². The highest BCUT2D eigenvalue weighted by molar-refractivity contribution is 6.11. The lowest BCUT2D eigenvalue weighted by atomic mass is 9.66. The van der Waals surface area contributed by atoms with Gasteiger partial charge >= 0.3 is 0 Å². The number of morpholine rings is 2. The van der Waals surface area contributed by atoms with E-state index in [1.54, 1.807) is 7.11 Å². The van der Waals surface area contributed by atoms with Crippen LogP contribution in [0, 0.1) is 0 Å². The van der Waals surface area contributed by atoms with Gasteiger partial charge in [-0.1, -0.05) is 127 Å². The zero-order valence-electron chi connectivity index (χ0n) is 33.3. The molecule has 7 aromatic carbocycles. The normalized spacial score (nSPS) is 19.1. The molecule has 11 rings (SSSR count). The summed E-state index contributed by atoms with van der Waals surface area (Å²) in [5, 5.41) is 2.28. The summed E-state index contributed by atoms with van der Waals surface area (Å²) in [6.45, 7) is 6.20. The topological polar surface area (TPSA) is 43.4 Å². The Balaban J connectivity index is 1.25. The van der Waals surface area contributed by atoms with Crippen LogP contribution in [-0.4, -0.2) is 59.7 Å². The molecule has 4 aliphatic rings. The molecule has 0 N–H and O–H groups in total. The number of nitrogens with zero attached hydrogens (tertiary/aromatic N) is 2. The largest absolute Gasteiger partial charge is 0.495 e. The van der Waals surface area contributed by atoms with Gasteiger partial charge in [-0.25, -0.2) is 0 Å². The average molecular weight is 775 g/mol. The molecule has 2 saturated heterocycles. The highest BCUT2D eigenvalue weighted by Crippen LogP contribution is 2.64. The van der Waals surface area contributed by atoms with E-state index in [9.17, 15) is 0 Å². The molecular weight excluding hydrogens is 729 g/mol. The van der Waals surface area contributed by atoms with Crippen molar-refractivity contribution in [3.63, 3.8) is 0 Å². The number of anilines is 2. The van der Waals surface area contributed by atoms with E-state index >= 15 is 0 Å². The molecule has 1 aliphatic carbocycles. The molecule has 0 bridgehead atoms. The SMILES string of the molecule is COc1cc2c3c(c4c(c2cc1N1CCOCC1)C=CC(c1ccccc1)(c1ccc(N2CCOCC2)cc1)O4)C(c1ccccc1)(c1ccccc1)c1ccccc1-3. The van der Waals surface area contributed by atoms with Crippen molar-refractivity contribution < 1.29 is 18.9 Å². The van der Waals surface area contributed by atoms with Crippen molar-refractivity contribution >= 4 is 28.2 Å². The molecule has 0 radical (unpaired) electrons. The Labute approximate surface area is 345 Å². The second-order valence-corrected chi connectivity index (χ2v) is 15.9. The third-order valence-electron chi connectivity index (χ3n) is 13.0. The summed E-state index contributed by atoms with van der Waals surface area (Å²) in [6.07, 6.45) is 4.62. The summed E-state index contributed by atoms with van der Waals surface area (Å²) >= 11 is 0. The number of ether oxygens (including phenoxy) is 4. The molecule has 6 heteroatoms. The van der Waals surface area contributed by atoms with Gasteiger partial charge in [0.25, 0.3) is 0 Å². The van der Waals surface area contributed by atoms with Crippen LogP contribution in [-0.2, 0) is 20.5 Å². The van der Waals surface area contributed by atoms with Crippen LogP contribution < -0.4 is 19.3 Å². The Hall–Kier alpha value is -6.34. The number of fused-ring (bicyclic) bond motifs is 8. The predicted octanol–water partition coefficient (Wildman–Crippen LogP) is 10.2. The van der Waals surface area contributed by atoms with Gasteiger partial charge in [0.05, 0.1) is 44.6 Å². The van der Waals surface area contributed by atoms with Gasteiger partial charge in [0.15, 0.2) is 5.60 Å². The molecule has 59 heavy (non-hydrogen) atoms. The van der Waals surface area contributed by atoms with Gasteiger partial charge in [0, 0.05) is 54.1 Å². The van der Waals surface area contributed by atoms with E-state index in [0.717, 1.165) is 89.6 Å². The summed E-state index contributed by atoms with van der Waals surface area (Å²) in [6, 6.07) is 55.3. The molecule has 7 aromatic rings. The Morgan fingerprint density at radius 2 is 1.12 bits per heavy atom. The molecule has 3 heterocycles. The van der Waals surface area contributed by atoms with Crippen LogP contribution in [0.15, 0.2) is 158 Å². The molecule has 2 fully saturated rings. The van der Waals surface area contributed by atoms with Crippen LogP contribution in [0.25, 0.3) is 28.0 Å². The molecule has 0 saturated carbocycles. The van der Waals surface area contributed by atoms with Crippen LogP contribution in [0.5, 0.6) is 11.5 Å². The summed E-state index contributed by atoms with van der Waals surface area (Å²) in [7, 11) is 1.79. The van der Waals surface area contributed by atoms with Gasteiger partial charge in [0.2, 0.25) is 0 Å². The number of hydrogen-bond acceptors (Lipinski definition) is 6. The first kappa shape index (κ1) is 35.8. The Morgan fingerprint density at radius 1 is 0.559 bits per heavy atom. The van der Waals surface area contributed by atoms with Crippen molar-refractivity contribution in [1.82, 2.24) is 0 Å². The van der Waals surface area contributed by atoms with Crippen LogP contribution in [0.3, 0.4) is 0 Å². The lowest BCUT2D eigenvalue weighted by Crippen LogP contribution is -2.38. The van der Waals surface area contributed by atoms with E-state index < -0.39 is 11.0 Å². The van der Waals surface area contributed by atoms with E-state index in [-0.39, 0.29) is 0 Å². The zero-order chi connectivity index (χ0) is 39.4. The van der Waals surface area contributed by atoms with Crippen LogP contribution in [0.4, 0.5) is 11.4 Å². The minimum Gasteiger partial charge on any atom is -0.495 e. The van der Waals surface area contributed by atoms with Gasteiger partial charge < -0.3 is 28.7 Å². The van der Waals surface area contributed by atoms with E-state index in [1.165, 1.54) is 33.5 Å². The highest BCUT2D eigenvalue weighted by atomic mass is 16.5. The first-order valence-corrected chi connectivity index (χ1v) is 20.8. The third kappa shape index (κ3) is 5.54. The smallest absolute Gasteiger partial charge is 0.178 e. The Morgan fingerprint density at radius 3 is 1.75 bits per heavy atom. The average Bonchev–Trinajstić information content (AvgIpc) is 3.65. The van der Waals surface area contributed by atoms with E-state index in [0.29, 0.717) is 13.2 Å². The lowest BCUT2D eigenvalue weighted by molar-refractivity contribution is 0.122. The molecule has 292 valence electrons. The maximum Gasteiger partial charge on any atom is 0.178 e. The minimum atomic E-state index is -0.924. The fourth-order valence-corrected chi connectivity index (χ4v) is 10.2. The first-order chi connectivity index (χ1) is 29.2. The van der Waals surface area contributed by atoms with Crippen molar-refractivity contribution in [2.75, 3.05) is 69.5 Å². The molecule has 3 aliphatic heterocycles. The van der Waals surface area contributed by atoms with Gasteiger partial charge in [-0.05, 0) is 75.0 Å². The standard InChI is InChI=1S/C53H46N2O4/c1-56-48-36-45-44(35-47(48)55-29-33-58-34-30-55)42-25-26-52(37-13-5-2-6-14-37,38-21-23-41(24-22-38)54-27-31-57-32-28-54)59-51(42)50-49(45)43-19-11-12-20-46(43)53(50,39-15-7-3-8-16-39)40-17-9-4-10-18-40/h2-26,35-36H,27-34H2,1H3. The number of methoxy groups -OCH3 is 1. The number of hydrogen-bond donors (Lipinski definition) is 0. The second kappa shape index (κ2) is 14.5. The minimum absolute atomic E-state index is 0.681. The molecule has 0 aromatic heterocycles. The van der Waals surface area contributed by atoms with Crippen LogP contribution in [0.2, 0.25) is 0 Å². The molecule has 0 spiro atoms. The molecule has 0 amide bonds. The summed E-state index contributed by atoms with van der Waals surface area (Å²) in [5.74, 6) is 1.74. The van der Waals surface area contributed by atoms with Crippen molar-refractivity contribution in [3.8, 4) is 22.6 Å². The fourth-order valence-electron chi connectivity index (χ4n) is 10.2. The second-order valence-electron chi connectivity index (χ2n) is 15.9. The Bertz CT molecular complexity index is 2650. The number of rotatable bonds is 7. The monoisotopic (exact) mass is 774 g/mol. The van der Waals surface area contributed by atoms with Crippen molar-refractivity contribution in [2.45, 2.75) is 11.0 Å². The molecule has 1 unspecified atom stereocenters. The van der Waals surface area contributed by atoms with Crippen LogP contribution >= 0.6 is 0 Å². The lowest BCUT2D eigenvalue weighted by Gasteiger charge is -2.41. The highest BCUT2D eigenvalue weighted by Gasteiger charge is 2.51. The molecule has 6 nitrogen and oxygen atoms in total. The van der Waals surface area contributed by atoms with E-state index in [1.807, 2.05) is 0 Å². The van der Waals surface area contributed by atoms with Crippen LogP contribution in [0.1, 0.15) is 38.9 Å².